The molecule has 1 aromatic heterocycles. The van der Waals surface area contributed by atoms with Crippen molar-refractivity contribution >= 4 is 34.3 Å². The Hall–Kier alpha value is -0.710. The van der Waals surface area contributed by atoms with E-state index in [4.69, 9.17) is 11.6 Å². The first-order valence-corrected chi connectivity index (χ1v) is 8.48. The summed E-state index contributed by atoms with van der Waals surface area (Å²) in [6, 6.07) is 5.78. The predicted molar refractivity (Wildman–Crippen MR) is 84.6 cm³/mol. The summed E-state index contributed by atoms with van der Waals surface area (Å²) < 4.78 is 0. The van der Waals surface area contributed by atoms with Crippen LogP contribution in [-0.2, 0) is 0 Å². The molecule has 0 saturated carbocycles. The van der Waals surface area contributed by atoms with Gasteiger partial charge in [-0.15, -0.1) is 11.8 Å². The van der Waals surface area contributed by atoms with Crippen molar-refractivity contribution in [3.05, 3.63) is 23.4 Å². The number of halogens is 1. The molecule has 106 valence electrons. The van der Waals surface area contributed by atoms with Crippen LogP contribution in [-0.4, -0.2) is 39.5 Å². The molecular weight excluding hydrogens is 290 g/mol. The summed E-state index contributed by atoms with van der Waals surface area (Å²) in [7, 11) is 2.29. The highest BCUT2D eigenvalue weighted by atomic mass is 35.5. The highest BCUT2D eigenvalue weighted by Crippen LogP contribution is 2.43. The Morgan fingerprint density at radius 2 is 2.05 bits per heavy atom. The highest BCUT2D eigenvalue weighted by Gasteiger charge is 2.38. The Morgan fingerprint density at radius 1 is 1.30 bits per heavy atom. The van der Waals surface area contributed by atoms with E-state index in [1.165, 1.54) is 30.6 Å². The first-order valence-electron chi connectivity index (χ1n) is 7.22. The lowest BCUT2D eigenvalue weighted by atomic mass is 10.0. The van der Waals surface area contributed by atoms with Gasteiger partial charge in [-0.1, -0.05) is 11.6 Å². The topological polar surface area (TPSA) is 31.9 Å². The molecule has 20 heavy (non-hydrogen) atoms. The van der Waals surface area contributed by atoms with Crippen molar-refractivity contribution < 1.29 is 0 Å². The van der Waals surface area contributed by atoms with Crippen molar-refractivity contribution in [1.82, 2.24) is 15.1 Å². The smallest absolute Gasteiger partial charge is 0.0666 e. The molecule has 2 aliphatic heterocycles. The lowest BCUT2D eigenvalue weighted by Crippen LogP contribution is -2.40. The average Bonchev–Trinajstić information content (AvgIpc) is 2.97. The molecule has 0 aliphatic carbocycles. The van der Waals surface area contributed by atoms with E-state index in [9.17, 15) is 0 Å². The summed E-state index contributed by atoms with van der Waals surface area (Å²) in [5.74, 6) is 0. The van der Waals surface area contributed by atoms with Crippen LogP contribution in [0.5, 0.6) is 0 Å². The molecule has 5 heteroatoms. The van der Waals surface area contributed by atoms with Gasteiger partial charge in [0, 0.05) is 27.6 Å². The van der Waals surface area contributed by atoms with Gasteiger partial charge in [-0.2, -0.15) is 5.10 Å². The number of hydrogen-bond donors (Lipinski definition) is 1. The lowest BCUT2D eigenvalue weighted by Gasteiger charge is -2.36. The Balaban J connectivity index is 1.57. The SMILES string of the molecule is CN1C2CCC1CC(Sc1ccc3[nH]ncc3c1Cl)C2. The summed E-state index contributed by atoms with van der Waals surface area (Å²) in [5.41, 5.74) is 1.02. The van der Waals surface area contributed by atoms with Gasteiger partial charge in [0.1, 0.15) is 0 Å². The molecule has 1 aromatic carbocycles. The van der Waals surface area contributed by atoms with E-state index in [1.54, 1.807) is 0 Å². The highest BCUT2D eigenvalue weighted by molar-refractivity contribution is 8.00. The van der Waals surface area contributed by atoms with Crippen LogP contribution in [0.15, 0.2) is 23.2 Å². The standard InChI is InChI=1S/C15H18ClN3S/c1-19-9-2-3-10(19)7-11(6-9)20-14-5-4-13-12(15(14)16)8-17-18-13/h4-5,8-11H,2-3,6-7H2,1H3,(H,17,18). The van der Waals surface area contributed by atoms with Gasteiger partial charge in [-0.3, -0.25) is 5.10 Å². The van der Waals surface area contributed by atoms with Gasteiger partial charge in [0.25, 0.3) is 0 Å². The molecule has 2 fully saturated rings. The number of H-pyrrole nitrogens is 1. The quantitative estimate of drug-likeness (QED) is 0.912. The maximum Gasteiger partial charge on any atom is 0.0666 e. The molecule has 2 aromatic rings. The van der Waals surface area contributed by atoms with Gasteiger partial charge < -0.3 is 4.90 Å². The molecule has 0 spiro atoms. The average molecular weight is 308 g/mol. The molecule has 2 bridgehead atoms. The Morgan fingerprint density at radius 3 is 2.80 bits per heavy atom. The molecule has 0 radical (unpaired) electrons. The van der Waals surface area contributed by atoms with Crippen molar-refractivity contribution in [3.63, 3.8) is 0 Å². The summed E-state index contributed by atoms with van der Waals surface area (Å²) in [5, 5.41) is 9.63. The second-order valence-corrected chi connectivity index (χ2v) is 7.69. The van der Waals surface area contributed by atoms with E-state index in [0.29, 0.717) is 5.25 Å². The molecule has 1 N–H and O–H groups in total. The number of nitrogens with zero attached hydrogens (tertiary/aromatic N) is 2. The van der Waals surface area contributed by atoms with E-state index in [1.807, 2.05) is 18.0 Å². The third-order valence-corrected chi connectivity index (χ3v) is 6.70. The van der Waals surface area contributed by atoms with Crippen molar-refractivity contribution in [3.8, 4) is 0 Å². The fraction of sp³-hybridized carbons (Fsp3) is 0.533. The van der Waals surface area contributed by atoms with Crippen molar-refractivity contribution in [2.45, 2.75) is 47.9 Å². The van der Waals surface area contributed by atoms with Crippen LogP contribution in [0.25, 0.3) is 10.9 Å². The van der Waals surface area contributed by atoms with E-state index in [-0.39, 0.29) is 0 Å². The third kappa shape index (κ3) is 2.05. The van der Waals surface area contributed by atoms with E-state index < -0.39 is 0 Å². The predicted octanol–water partition coefficient (Wildman–Crippen LogP) is 3.93. The number of aromatic amines is 1. The largest absolute Gasteiger partial charge is 0.300 e. The summed E-state index contributed by atoms with van der Waals surface area (Å²) >= 11 is 8.49. The number of aromatic nitrogens is 2. The monoisotopic (exact) mass is 307 g/mol. The molecule has 4 rings (SSSR count). The molecular formula is C15H18ClN3S. The van der Waals surface area contributed by atoms with Gasteiger partial charge in [-0.05, 0) is 44.9 Å². The first-order chi connectivity index (χ1) is 9.72. The summed E-state index contributed by atoms with van der Waals surface area (Å²) in [6.45, 7) is 0. The van der Waals surface area contributed by atoms with Crippen LogP contribution in [0.1, 0.15) is 25.7 Å². The van der Waals surface area contributed by atoms with Crippen LogP contribution >= 0.6 is 23.4 Å². The summed E-state index contributed by atoms with van der Waals surface area (Å²) in [6.07, 6.45) is 7.13. The second kappa shape index (κ2) is 4.93. The normalized spacial score (nSPS) is 30.2. The molecule has 2 unspecified atom stereocenters. The van der Waals surface area contributed by atoms with Crippen LogP contribution in [0.2, 0.25) is 5.02 Å². The maximum atomic E-state index is 6.53. The maximum absolute atomic E-state index is 6.53. The van der Waals surface area contributed by atoms with E-state index in [2.05, 4.69) is 34.3 Å². The van der Waals surface area contributed by atoms with Crippen molar-refractivity contribution in [2.75, 3.05) is 7.05 Å². The van der Waals surface area contributed by atoms with Crippen molar-refractivity contribution in [2.24, 2.45) is 0 Å². The van der Waals surface area contributed by atoms with Crippen LogP contribution in [0.4, 0.5) is 0 Å². The minimum absolute atomic E-state index is 0.700. The minimum atomic E-state index is 0.700. The van der Waals surface area contributed by atoms with Crippen LogP contribution in [0.3, 0.4) is 0 Å². The zero-order chi connectivity index (χ0) is 13.7. The molecule has 2 atom stereocenters. The lowest BCUT2D eigenvalue weighted by molar-refractivity contribution is 0.183. The molecule has 2 aliphatic rings. The number of nitrogens with one attached hydrogen (secondary N) is 1. The Labute approximate surface area is 128 Å². The number of hydrogen-bond acceptors (Lipinski definition) is 3. The molecule has 0 amide bonds. The number of piperidine rings is 1. The van der Waals surface area contributed by atoms with Crippen molar-refractivity contribution in [1.29, 1.82) is 0 Å². The van der Waals surface area contributed by atoms with Gasteiger partial charge in [0.05, 0.1) is 16.7 Å². The van der Waals surface area contributed by atoms with Crippen LogP contribution in [0, 0.1) is 0 Å². The number of thioether (sulfide) groups is 1. The third-order valence-electron chi connectivity index (χ3n) is 4.87. The Kier molecular flexibility index (Phi) is 3.20. The fourth-order valence-electron chi connectivity index (χ4n) is 3.69. The summed E-state index contributed by atoms with van der Waals surface area (Å²) in [4.78, 5) is 3.78. The number of fused-ring (bicyclic) bond motifs is 3. The molecule has 3 nitrogen and oxygen atoms in total. The second-order valence-electron chi connectivity index (χ2n) is 5.97. The zero-order valence-electron chi connectivity index (χ0n) is 11.5. The fourth-order valence-corrected chi connectivity index (χ4v) is 5.39. The van der Waals surface area contributed by atoms with Gasteiger partial charge in [-0.25, -0.2) is 0 Å². The zero-order valence-corrected chi connectivity index (χ0v) is 13.0. The van der Waals surface area contributed by atoms with Gasteiger partial charge >= 0.3 is 0 Å². The number of rotatable bonds is 2. The van der Waals surface area contributed by atoms with Gasteiger partial charge in [0.2, 0.25) is 0 Å². The molecule has 3 heterocycles. The Bertz CT molecular complexity index is 627. The number of benzene rings is 1. The van der Waals surface area contributed by atoms with Crippen LogP contribution < -0.4 is 0 Å². The van der Waals surface area contributed by atoms with E-state index in [0.717, 1.165) is 28.0 Å². The minimum Gasteiger partial charge on any atom is -0.300 e. The van der Waals surface area contributed by atoms with E-state index >= 15 is 0 Å². The molecule has 2 saturated heterocycles. The first kappa shape index (κ1) is 13.0. The van der Waals surface area contributed by atoms with Gasteiger partial charge in [0.15, 0.2) is 0 Å².